The number of rotatable bonds is 6. The van der Waals surface area contributed by atoms with Crippen molar-refractivity contribution in [3.05, 3.63) is 72.3 Å². The third-order valence-corrected chi connectivity index (χ3v) is 4.79. The molecule has 0 amide bonds. The van der Waals surface area contributed by atoms with Crippen molar-refractivity contribution in [2.24, 2.45) is 0 Å². The molecule has 0 fully saturated rings. The molecule has 0 radical (unpaired) electrons. The standard InChI is InChI=1S/C23H19N3O4/c1-27-18-9-7-16(11-20(18)28-13-15-5-3-2-4-6-15)22-24-23(26-25-22)17-8-10-19-21(12-17)30-14-29-19/h2-12H,13-14H2,1H3,(H,24,25,26). The summed E-state index contributed by atoms with van der Waals surface area (Å²) in [6.07, 6.45) is 0. The molecule has 7 nitrogen and oxygen atoms in total. The minimum absolute atomic E-state index is 0.234. The zero-order valence-corrected chi connectivity index (χ0v) is 16.3. The number of nitrogens with one attached hydrogen (secondary N) is 1. The lowest BCUT2D eigenvalue weighted by atomic mass is 10.1. The first-order chi connectivity index (χ1) is 14.8. The number of fused-ring (bicyclic) bond motifs is 1. The molecule has 5 rings (SSSR count). The monoisotopic (exact) mass is 401 g/mol. The summed E-state index contributed by atoms with van der Waals surface area (Å²) >= 11 is 0. The number of ether oxygens (including phenoxy) is 4. The summed E-state index contributed by atoms with van der Waals surface area (Å²) in [6.45, 7) is 0.676. The van der Waals surface area contributed by atoms with E-state index in [9.17, 15) is 0 Å². The minimum Gasteiger partial charge on any atom is -0.493 e. The van der Waals surface area contributed by atoms with Crippen LogP contribution in [0.25, 0.3) is 22.8 Å². The third-order valence-electron chi connectivity index (χ3n) is 4.79. The molecule has 7 heteroatoms. The fourth-order valence-electron chi connectivity index (χ4n) is 3.23. The fourth-order valence-corrected chi connectivity index (χ4v) is 3.23. The number of methoxy groups -OCH3 is 1. The zero-order valence-electron chi connectivity index (χ0n) is 16.3. The summed E-state index contributed by atoms with van der Waals surface area (Å²) < 4.78 is 22.2. The Kier molecular flexibility index (Phi) is 4.69. The van der Waals surface area contributed by atoms with E-state index in [1.165, 1.54) is 0 Å². The molecular formula is C23H19N3O4. The number of aromatic amines is 1. The van der Waals surface area contributed by atoms with Crippen molar-refractivity contribution < 1.29 is 18.9 Å². The zero-order chi connectivity index (χ0) is 20.3. The van der Waals surface area contributed by atoms with Crippen LogP contribution in [0.2, 0.25) is 0 Å². The molecule has 1 aliphatic heterocycles. The molecule has 0 spiro atoms. The summed E-state index contributed by atoms with van der Waals surface area (Å²) in [5.41, 5.74) is 2.77. The van der Waals surface area contributed by atoms with Gasteiger partial charge in [-0.2, -0.15) is 5.10 Å². The van der Waals surface area contributed by atoms with Crippen molar-refractivity contribution in [2.75, 3.05) is 13.9 Å². The van der Waals surface area contributed by atoms with E-state index in [1.807, 2.05) is 66.7 Å². The van der Waals surface area contributed by atoms with Gasteiger partial charge < -0.3 is 18.9 Å². The van der Waals surface area contributed by atoms with Crippen LogP contribution in [0.4, 0.5) is 0 Å². The highest BCUT2D eigenvalue weighted by atomic mass is 16.7. The summed E-state index contributed by atoms with van der Waals surface area (Å²) in [6, 6.07) is 21.3. The van der Waals surface area contributed by atoms with Crippen LogP contribution in [-0.2, 0) is 6.61 Å². The Morgan fingerprint density at radius 2 is 1.73 bits per heavy atom. The van der Waals surface area contributed by atoms with E-state index in [4.69, 9.17) is 18.9 Å². The van der Waals surface area contributed by atoms with E-state index in [0.717, 1.165) is 22.4 Å². The molecule has 0 atom stereocenters. The van der Waals surface area contributed by atoms with Gasteiger partial charge in [-0.1, -0.05) is 30.3 Å². The van der Waals surface area contributed by atoms with Gasteiger partial charge in [0.15, 0.2) is 34.6 Å². The van der Waals surface area contributed by atoms with Gasteiger partial charge in [0.05, 0.1) is 7.11 Å². The van der Waals surface area contributed by atoms with E-state index in [2.05, 4.69) is 15.2 Å². The Balaban J connectivity index is 1.40. The molecule has 1 aromatic heterocycles. The van der Waals surface area contributed by atoms with Crippen LogP contribution in [0.3, 0.4) is 0 Å². The number of nitrogens with zero attached hydrogens (tertiary/aromatic N) is 2. The molecular weight excluding hydrogens is 382 g/mol. The second kappa shape index (κ2) is 7.79. The van der Waals surface area contributed by atoms with Gasteiger partial charge in [0.25, 0.3) is 0 Å². The predicted octanol–water partition coefficient (Wildman–Crippen LogP) is 4.46. The predicted molar refractivity (Wildman–Crippen MR) is 111 cm³/mol. The van der Waals surface area contributed by atoms with Crippen molar-refractivity contribution in [2.45, 2.75) is 6.61 Å². The molecule has 2 heterocycles. The number of aromatic nitrogens is 3. The molecule has 0 aliphatic carbocycles. The minimum atomic E-state index is 0.234. The van der Waals surface area contributed by atoms with Crippen LogP contribution < -0.4 is 18.9 Å². The molecule has 1 aliphatic rings. The smallest absolute Gasteiger partial charge is 0.231 e. The largest absolute Gasteiger partial charge is 0.493 e. The summed E-state index contributed by atoms with van der Waals surface area (Å²) in [4.78, 5) is 4.63. The average molecular weight is 401 g/mol. The van der Waals surface area contributed by atoms with E-state index in [0.29, 0.717) is 35.5 Å². The van der Waals surface area contributed by atoms with Crippen molar-refractivity contribution in [1.29, 1.82) is 0 Å². The number of H-pyrrole nitrogens is 1. The highest BCUT2D eigenvalue weighted by Gasteiger charge is 2.16. The second-order valence-electron chi connectivity index (χ2n) is 6.72. The van der Waals surface area contributed by atoms with Gasteiger partial charge in [-0.25, -0.2) is 4.98 Å². The Morgan fingerprint density at radius 1 is 0.900 bits per heavy atom. The van der Waals surface area contributed by atoms with Gasteiger partial charge in [-0.3, -0.25) is 5.10 Å². The molecule has 150 valence electrons. The molecule has 30 heavy (non-hydrogen) atoms. The number of benzene rings is 3. The number of hydrogen-bond acceptors (Lipinski definition) is 6. The SMILES string of the molecule is COc1ccc(-c2n[nH]c(-c3ccc4c(c3)OCO4)n2)cc1OCc1ccccc1. The third kappa shape index (κ3) is 3.53. The van der Waals surface area contributed by atoms with E-state index in [1.54, 1.807) is 7.11 Å². The van der Waals surface area contributed by atoms with E-state index >= 15 is 0 Å². The topological polar surface area (TPSA) is 78.5 Å². The van der Waals surface area contributed by atoms with Crippen molar-refractivity contribution in [3.63, 3.8) is 0 Å². The summed E-state index contributed by atoms with van der Waals surface area (Å²) in [5.74, 6) is 3.93. The van der Waals surface area contributed by atoms with Crippen LogP contribution in [0.1, 0.15) is 5.56 Å². The lowest BCUT2D eigenvalue weighted by molar-refractivity contribution is 0.174. The normalized spacial score (nSPS) is 12.0. The molecule has 4 aromatic rings. The van der Waals surface area contributed by atoms with Crippen LogP contribution in [-0.4, -0.2) is 29.1 Å². The molecule has 3 aromatic carbocycles. The van der Waals surface area contributed by atoms with Gasteiger partial charge >= 0.3 is 0 Å². The highest BCUT2D eigenvalue weighted by Crippen LogP contribution is 2.36. The van der Waals surface area contributed by atoms with Crippen molar-refractivity contribution >= 4 is 0 Å². The molecule has 0 saturated heterocycles. The van der Waals surface area contributed by atoms with E-state index < -0.39 is 0 Å². The van der Waals surface area contributed by atoms with Gasteiger partial charge in [0.1, 0.15) is 6.61 Å². The first kappa shape index (κ1) is 18.1. The molecule has 0 unspecified atom stereocenters. The van der Waals surface area contributed by atoms with Crippen LogP contribution in [0.5, 0.6) is 23.0 Å². The Morgan fingerprint density at radius 3 is 2.60 bits per heavy atom. The molecule has 1 N–H and O–H groups in total. The summed E-state index contributed by atoms with van der Waals surface area (Å²) in [7, 11) is 1.62. The van der Waals surface area contributed by atoms with Crippen LogP contribution in [0, 0.1) is 0 Å². The maximum atomic E-state index is 6.00. The maximum Gasteiger partial charge on any atom is 0.231 e. The lowest BCUT2D eigenvalue weighted by Gasteiger charge is -2.11. The average Bonchev–Trinajstić information content (AvgIpc) is 3.47. The second-order valence-corrected chi connectivity index (χ2v) is 6.72. The lowest BCUT2D eigenvalue weighted by Crippen LogP contribution is -1.98. The van der Waals surface area contributed by atoms with Crippen molar-refractivity contribution in [3.8, 4) is 45.8 Å². The van der Waals surface area contributed by atoms with E-state index in [-0.39, 0.29) is 6.79 Å². The fraction of sp³-hybridized carbons (Fsp3) is 0.130. The van der Waals surface area contributed by atoms with Crippen LogP contribution >= 0.6 is 0 Å². The van der Waals surface area contributed by atoms with Gasteiger partial charge in [-0.15, -0.1) is 0 Å². The summed E-state index contributed by atoms with van der Waals surface area (Å²) in [5, 5.41) is 7.35. The first-order valence-corrected chi connectivity index (χ1v) is 9.48. The van der Waals surface area contributed by atoms with Gasteiger partial charge in [-0.05, 0) is 42.0 Å². The maximum absolute atomic E-state index is 6.00. The van der Waals surface area contributed by atoms with Crippen LogP contribution in [0.15, 0.2) is 66.7 Å². The number of hydrogen-bond donors (Lipinski definition) is 1. The van der Waals surface area contributed by atoms with Crippen molar-refractivity contribution in [1.82, 2.24) is 15.2 Å². The molecule has 0 saturated carbocycles. The highest BCUT2D eigenvalue weighted by molar-refractivity contribution is 5.66. The molecule has 0 bridgehead atoms. The van der Waals surface area contributed by atoms with Gasteiger partial charge in [0, 0.05) is 11.1 Å². The Labute approximate surface area is 173 Å². The first-order valence-electron chi connectivity index (χ1n) is 9.48. The van der Waals surface area contributed by atoms with Gasteiger partial charge in [0.2, 0.25) is 6.79 Å². The quantitative estimate of drug-likeness (QED) is 0.514. The Bertz CT molecular complexity index is 1170. The Hall–Kier alpha value is -4.00.